The number of para-hydroxylation sites is 3. The van der Waals surface area contributed by atoms with Crippen molar-refractivity contribution in [3.63, 3.8) is 0 Å². The Kier molecular flexibility index (Phi) is 5.66. The molecule has 0 saturated carbocycles. The molecule has 2 heterocycles. The van der Waals surface area contributed by atoms with E-state index in [1.54, 1.807) is 43.4 Å². The van der Waals surface area contributed by atoms with Gasteiger partial charge in [-0.1, -0.05) is 61.5 Å². The molecule has 0 fully saturated rings. The minimum atomic E-state index is -0.555. The van der Waals surface area contributed by atoms with E-state index in [4.69, 9.17) is 0 Å². The van der Waals surface area contributed by atoms with Crippen molar-refractivity contribution in [1.82, 2.24) is 13.7 Å². The summed E-state index contributed by atoms with van der Waals surface area (Å²) < 4.78 is 3.91. The van der Waals surface area contributed by atoms with Gasteiger partial charge in [-0.3, -0.25) is 14.2 Å². The van der Waals surface area contributed by atoms with Gasteiger partial charge >= 0.3 is 5.69 Å². The molecule has 5 rings (SSSR count). The maximum atomic E-state index is 14.0. The van der Waals surface area contributed by atoms with Crippen LogP contribution in [0.3, 0.4) is 0 Å². The van der Waals surface area contributed by atoms with Crippen LogP contribution in [0.2, 0.25) is 0 Å². The second-order valence-corrected chi connectivity index (χ2v) is 8.22. The van der Waals surface area contributed by atoms with Gasteiger partial charge in [-0.2, -0.15) is 0 Å². The summed E-state index contributed by atoms with van der Waals surface area (Å²) in [7, 11) is 1.57. The molecule has 174 valence electrons. The van der Waals surface area contributed by atoms with E-state index in [-0.39, 0.29) is 16.6 Å². The van der Waals surface area contributed by atoms with Crippen molar-refractivity contribution in [1.29, 1.82) is 0 Å². The van der Waals surface area contributed by atoms with Gasteiger partial charge in [0, 0.05) is 18.8 Å². The zero-order chi connectivity index (χ0) is 24.5. The Balaban J connectivity index is 1.96. The lowest BCUT2D eigenvalue weighted by Gasteiger charge is -2.19. The van der Waals surface area contributed by atoms with Gasteiger partial charge in [-0.15, -0.1) is 0 Å². The van der Waals surface area contributed by atoms with Crippen LogP contribution in [-0.4, -0.2) is 13.7 Å². The first-order chi connectivity index (χ1) is 17.0. The maximum Gasteiger partial charge on any atom is 0.341 e. The number of nitrogens with one attached hydrogen (secondary N) is 1. The monoisotopic (exact) mass is 464 g/mol. The SMILES string of the molecule is CCc1ccccc1Nc1cc(=O)n(C)c2c1c(=O)n(-c1ccccc1)c(=O)n2-c1ccccc1. The zero-order valence-electron chi connectivity index (χ0n) is 19.4. The van der Waals surface area contributed by atoms with E-state index in [1.165, 1.54) is 15.2 Å². The highest BCUT2D eigenvalue weighted by Crippen LogP contribution is 2.26. The van der Waals surface area contributed by atoms with Gasteiger partial charge in [0.25, 0.3) is 11.1 Å². The van der Waals surface area contributed by atoms with Gasteiger partial charge in [0.1, 0.15) is 11.0 Å². The molecule has 0 spiro atoms. The van der Waals surface area contributed by atoms with Crippen LogP contribution in [0.1, 0.15) is 12.5 Å². The molecule has 0 amide bonds. The van der Waals surface area contributed by atoms with Crippen molar-refractivity contribution in [3.05, 3.63) is 128 Å². The van der Waals surface area contributed by atoms with Gasteiger partial charge in [-0.05, 0) is 42.3 Å². The van der Waals surface area contributed by atoms with Gasteiger partial charge < -0.3 is 5.32 Å². The van der Waals surface area contributed by atoms with Crippen LogP contribution in [0.5, 0.6) is 0 Å². The molecule has 0 aliphatic rings. The molecule has 35 heavy (non-hydrogen) atoms. The topological polar surface area (TPSA) is 78.0 Å². The van der Waals surface area contributed by atoms with Crippen LogP contribution in [0.15, 0.2) is 105 Å². The Hall–Kier alpha value is -4.65. The Labute approximate surface area is 201 Å². The fourth-order valence-corrected chi connectivity index (χ4v) is 4.36. The van der Waals surface area contributed by atoms with Crippen LogP contribution >= 0.6 is 0 Å². The first-order valence-electron chi connectivity index (χ1n) is 11.4. The van der Waals surface area contributed by atoms with Crippen molar-refractivity contribution in [2.75, 3.05) is 5.32 Å². The standard InChI is InChI=1S/C28H24N4O3/c1-3-19-12-10-11-17-22(19)29-23-18-24(33)30(2)26-25(23)27(34)32(21-15-8-5-9-16-21)28(35)31(26)20-13-6-4-7-14-20/h4-18,29H,3H2,1-2H3. The van der Waals surface area contributed by atoms with Gasteiger partial charge in [0.2, 0.25) is 0 Å². The second-order valence-electron chi connectivity index (χ2n) is 8.22. The molecule has 0 saturated heterocycles. The van der Waals surface area contributed by atoms with E-state index in [2.05, 4.69) is 5.32 Å². The van der Waals surface area contributed by atoms with Crippen LogP contribution < -0.4 is 22.1 Å². The molecular formula is C28H24N4O3. The maximum absolute atomic E-state index is 14.0. The van der Waals surface area contributed by atoms with E-state index in [0.717, 1.165) is 22.2 Å². The quantitative estimate of drug-likeness (QED) is 0.424. The van der Waals surface area contributed by atoms with Crippen molar-refractivity contribution in [3.8, 4) is 11.4 Å². The summed E-state index contributed by atoms with van der Waals surface area (Å²) in [5, 5.41) is 3.55. The summed E-state index contributed by atoms with van der Waals surface area (Å²) in [5.41, 5.74) is 2.02. The molecule has 7 nitrogen and oxygen atoms in total. The highest BCUT2D eigenvalue weighted by atomic mass is 16.2. The predicted octanol–water partition coefficient (Wildman–Crippen LogP) is 4.15. The second kappa shape index (κ2) is 8.95. The number of hydrogen-bond acceptors (Lipinski definition) is 4. The summed E-state index contributed by atoms with van der Waals surface area (Å²) in [5.74, 6) is 0. The highest BCUT2D eigenvalue weighted by molar-refractivity contribution is 5.92. The molecule has 0 bridgehead atoms. The lowest BCUT2D eigenvalue weighted by atomic mass is 10.1. The van der Waals surface area contributed by atoms with Crippen LogP contribution in [0.25, 0.3) is 22.4 Å². The summed E-state index contributed by atoms with van der Waals surface area (Å²) in [6, 6.07) is 27.0. The number of benzene rings is 3. The normalized spacial score (nSPS) is 11.0. The van der Waals surface area contributed by atoms with Crippen LogP contribution in [0.4, 0.5) is 11.4 Å². The smallest absolute Gasteiger partial charge is 0.341 e. The number of aromatic nitrogens is 3. The molecular weight excluding hydrogens is 440 g/mol. The van der Waals surface area contributed by atoms with Crippen molar-refractivity contribution in [2.24, 2.45) is 7.05 Å². The van der Waals surface area contributed by atoms with Gasteiger partial charge in [0.15, 0.2) is 0 Å². The number of fused-ring (bicyclic) bond motifs is 1. The minimum absolute atomic E-state index is 0.224. The lowest BCUT2D eigenvalue weighted by Crippen LogP contribution is -2.40. The third-order valence-electron chi connectivity index (χ3n) is 6.12. The number of aryl methyl sites for hydroxylation is 2. The molecule has 1 N–H and O–H groups in total. The largest absolute Gasteiger partial charge is 0.354 e. The number of nitrogens with zero attached hydrogens (tertiary/aromatic N) is 3. The molecule has 0 atom stereocenters. The highest BCUT2D eigenvalue weighted by Gasteiger charge is 2.22. The third-order valence-corrected chi connectivity index (χ3v) is 6.12. The number of rotatable bonds is 5. The summed E-state index contributed by atoms with van der Waals surface area (Å²) in [4.78, 5) is 40.8. The van der Waals surface area contributed by atoms with Gasteiger partial charge in [0.05, 0.1) is 17.1 Å². The predicted molar refractivity (Wildman–Crippen MR) is 139 cm³/mol. The average Bonchev–Trinajstić information content (AvgIpc) is 2.88. The van der Waals surface area contributed by atoms with Crippen molar-refractivity contribution in [2.45, 2.75) is 13.3 Å². The molecule has 0 aliphatic carbocycles. The number of hydrogen-bond donors (Lipinski definition) is 1. The Bertz CT molecular complexity index is 1720. The minimum Gasteiger partial charge on any atom is -0.354 e. The molecule has 0 radical (unpaired) electrons. The molecule has 0 aliphatic heterocycles. The molecule has 3 aromatic carbocycles. The van der Waals surface area contributed by atoms with Crippen molar-refractivity contribution >= 4 is 22.4 Å². The van der Waals surface area contributed by atoms with Crippen LogP contribution in [-0.2, 0) is 13.5 Å². The van der Waals surface area contributed by atoms with Crippen molar-refractivity contribution < 1.29 is 0 Å². The Morgan fingerprint density at radius 2 is 1.29 bits per heavy atom. The van der Waals surface area contributed by atoms with Gasteiger partial charge in [-0.25, -0.2) is 13.9 Å². The van der Waals surface area contributed by atoms with E-state index in [1.807, 2.05) is 55.5 Å². The fourth-order valence-electron chi connectivity index (χ4n) is 4.36. The van der Waals surface area contributed by atoms with E-state index < -0.39 is 11.2 Å². The third kappa shape index (κ3) is 3.77. The van der Waals surface area contributed by atoms with E-state index in [9.17, 15) is 14.4 Å². The first kappa shape index (κ1) is 22.2. The average molecular weight is 465 g/mol. The Morgan fingerprint density at radius 1 is 0.714 bits per heavy atom. The summed E-state index contributed by atoms with van der Waals surface area (Å²) >= 11 is 0. The number of pyridine rings is 1. The van der Waals surface area contributed by atoms with E-state index >= 15 is 0 Å². The fraction of sp³-hybridized carbons (Fsp3) is 0.107. The molecule has 2 aromatic heterocycles. The molecule has 0 unspecified atom stereocenters. The summed E-state index contributed by atoms with van der Waals surface area (Å²) in [6.45, 7) is 2.04. The number of anilines is 2. The molecule has 7 heteroatoms. The lowest BCUT2D eigenvalue weighted by molar-refractivity contribution is 0.784. The first-order valence-corrected chi connectivity index (χ1v) is 11.4. The Morgan fingerprint density at radius 3 is 1.91 bits per heavy atom. The molecule has 5 aromatic rings. The summed E-state index contributed by atoms with van der Waals surface area (Å²) in [6.07, 6.45) is 0.773. The van der Waals surface area contributed by atoms with Crippen LogP contribution in [0, 0.1) is 0 Å². The zero-order valence-corrected chi connectivity index (χ0v) is 19.4. The van der Waals surface area contributed by atoms with E-state index in [0.29, 0.717) is 17.1 Å².